The van der Waals surface area contributed by atoms with Gasteiger partial charge in [0.2, 0.25) is 5.95 Å². The molecule has 0 spiro atoms. The van der Waals surface area contributed by atoms with E-state index in [9.17, 15) is 20.1 Å². The van der Waals surface area contributed by atoms with Crippen molar-refractivity contribution in [2.75, 3.05) is 30.4 Å². The number of pyridine rings is 1. The number of nitrogens with zero attached hydrogens (tertiary/aromatic N) is 4. The number of amides is 1. The number of anilines is 2. The highest BCUT2D eigenvalue weighted by atomic mass is 32.1. The second-order valence-electron chi connectivity index (χ2n) is 11.6. The second kappa shape index (κ2) is 10.4. The molecule has 41 heavy (non-hydrogen) atoms. The number of hydrogen-bond donors (Lipinski definition) is 6. The minimum Gasteiger partial charge on any atom is -0.388 e. The van der Waals surface area contributed by atoms with Crippen LogP contribution < -0.4 is 16.0 Å². The number of aliphatic hydroxyl groups excluding tert-OH is 1. The molecule has 12 nitrogen and oxygen atoms in total. The van der Waals surface area contributed by atoms with Gasteiger partial charge in [0.1, 0.15) is 28.0 Å². The number of rotatable bonds is 11. The Labute approximate surface area is 242 Å². The topological polar surface area (TPSA) is 175 Å². The van der Waals surface area contributed by atoms with Crippen molar-refractivity contribution in [2.45, 2.75) is 76.3 Å². The van der Waals surface area contributed by atoms with Crippen LogP contribution in [0.1, 0.15) is 44.5 Å². The van der Waals surface area contributed by atoms with Crippen molar-refractivity contribution in [3.8, 4) is 10.6 Å². The van der Waals surface area contributed by atoms with Gasteiger partial charge in [-0.3, -0.25) is 9.78 Å². The molecule has 220 valence electrons. The molecular weight excluding hydrogens is 546 g/mol. The fourth-order valence-corrected chi connectivity index (χ4v) is 7.12. The molecule has 0 aromatic carbocycles. The quantitative estimate of drug-likeness (QED) is 0.194. The van der Waals surface area contributed by atoms with E-state index in [1.807, 2.05) is 33.8 Å². The van der Waals surface area contributed by atoms with Crippen LogP contribution in [0.4, 0.5) is 11.8 Å². The van der Waals surface area contributed by atoms with Gasteiger partial charge in [-0.1, -0.05) is 0 Å². The molecular formula is C28H37N7O5S. The fourth-order valence-electron chi connectivity index (χ4n) is 6.00. The van der Waals surface area contributed by atoms with Crippen LogP contribution in [0, 0.1) is 25.7 Å². The van der Waals surface area contributed by atoms with Crippen molar-refractivity contribution in [2.24, 2.45) is 11.8 Å². The summed E-state index contributed by atoms with van der Waals surface area (Å²) in [5.74, 6) is -0.180. The Hall–Kier alpha value is -2.97. The lowest BCUT2D eigenvalue weighted by Gasteiger charge is -2.28. The summed E-state index contributed by atoms with van der Waals surface area (Å²) in [4.78, 5) is 31.5. The van der Waals surface area contributed by atoms with Crippen molar-refractivity contribution in [1.29, 1.82) is 0 Å². The normalized spacial score (nSPS) is 29.3. The van der Waals surface area contributed by atoms with Crippen molar-refractivity contribution in [3.63, 3.8) is 0 Å². The van der Waals surface area contributed by atoms with Crippen LogP contribution in [0.5, 0.6) is 0 Å². The third-order valence-electron chi connectivity index (χ3n) is 8.54. The van der Waals surface area contributed by atoms with Gasteiger partial charge >= 0.3 is 0 Å². The molecule has 3 fully saturated rings. The maximum atomic E-state index is 12.8. The summed E-state index contributed by atoms with van der Waals surface area (Å²) in [5, 5.41) is 43.7. The van der Waals surface area contributed by atoms with Crippen LogP contribution in [-0.4, -0.2) is 90.3 Å². The van der Waals surface area contributed by atoms with Gasteiger partial charge in [0.15, 0.2) is 5.60 Å². The maximum absolute atomic E-state index is 12.8. The molecule has 1 unspecified atom stereocenters. The van der Waals surface area contributed by atoms with E-state index < -0.39 is 35.2 Å². The molecule has 3 aromatic rings. The fraction of sp³-hybridized carbons (Fsp3) is 0.607. The maximum Gasteiger partial charge on any atom is 0.255 e. The largest absolute Gasteiger partial charge is 0.388 e. The number of ether oxygens (including phenoxy) is 1. The Morgan fingerprint density at radius 3 is 2.66 bits per heavy atom. The Bertz CT molecular complexity index is 1480. The van der Waals surface area contributed by atoms with Crippen LogP contribution in [0.15, 0.2) is 12.3 Å². The highest BCUT2D eigenvalue weighted by Crippen LogP contribution is 2.64. The lowest BCUT2D eigenvalue weighted by Crippen LogP contribution is -2.52. The van der Waals surface area contributed by atoms with Gasteiger partial charge in [-0.2, -0.15) is 4.98 Å². The SMILES string of the molecule is CCOC[C@@H](C)Nc1nc(C)c(-c2nc3c(C)nccc3s2)c(N[C@@H]2C[C@@H]3C(O)(C(=O)NCC4CC4)[C@]3(O)[C@H]2O)n1. The summed E-state index contributed by atoms with van der Waals surface area (Å²) in [7, 11) is 0. The Morgan fingerprint density at radius 1 is 1.22 bits per heavy atom. The highest BCUT2D eigenvalue weighted by Gasteiger charge is 2.87. The lowest BCUT2D eigenvalue weighted by atomic mass is 9.99. The standard InChI is InChI=1S/C28H37N7O5S/c1-5-40-12-13(2)31-26-32-14(3)20(24-34-21-15(4)29-9-8-18(21)41-24)23(35-26)33-17-10-19-27(38,22(17)36)28(19,39)25(37)30-11-16-6-7-16/h8-9,13,16-17,19,22,36,38-39H,5-7,10-12H2,1-4H3,(H,30,37)(H2,31,32,33,35)/t13-,17-,19+,22+,27-,28?/m1/s1. The zero-order valence-electron chi connectivity index (χ0n) is 23.6. The van der Waals surface area contributed by atoms with E-state index in [1.54, 1.807) is 6.20 Å². The van der Waals surface area contributed by atoms with Crippen LogP contribution in [0.25, 0.3) is 20.8 Å². The molecule has 1 amide bonds. The van der Waals surface area contributed by atoms with E-state index in [4.69, 9.17) is 19.7 Å². The van der Waals surface area contributed by atoms with Gasteiger partial charge in [0.25, 0.3) is 5.91 Å². The van der Waals surface area contributed by atoms with E-state index in [2.05, 4.69) is 20.9 Å². The molecule has 3 heterocycles. The number of aryl methyl sites for hydroxylation is 2. The summed E-state index contributed by atoms with van der Waals surface area (Å²) in [5.41, 5.74) is -0.996. The number of carbonyl (C=O) groups excluding carboxylic acids is 1. The molecule has 0 bridgehead atoms. The van der Waals surface area contributed by atoms with Gasteiger partial charge < -0.3 is 36.0 Å². The number of carbonyl (C=O) groups is 1. The van der Waals surface area contributed by atoms with Crippen LogP contribution >= 0.6 is 11.3 Å². The third kappa shape index (κ3) is 4.73. The van der Waals surface area contributed by atoms with Crippen LogP contribution in [0.3, 0.4) is 0 Å². The number of hydrogen-bond acceptors (Lipinski definition) is 12. The molecule has 13 heteroatoms. The first-order chi connectivity index (χ1) is 19.6. The van der Waals surface area contributed by atoms with Gasteiger partial charge in [-0.25, -0.2) is 9.97 Å². The van der Waals surface area contributed by atoms with E-state index in [1.165, 1.54) is 11.3 Å². The number of thiazole rings is 1. The lowest BCUT2D eigenvalue weighted by molar-refractivity contribution is -0.142. The van der Waals surface area contributed by atoms with Gasteiger partial charge in [-0.05, 0) is 58.9 Å². The summed E-state index contributed by atoms with van der Waals surface area (Å²) in [6.45, 7) is 9.23. The van der Waals surface area contributed by atoms with Crippen LogP contribution in [0.2, 0.25) is 0 Å². The molecule has 3 saturated carbocycles. The van der Waals surface area contributed by atoms with Crippen molar-refractivity contribution in [1.82, 2.24) is 25.3 Å². The van der Waals surface area contributed by atoms with E-state index in [-0.39, 0.29) is 12.5 Å². The monoisotopic (exact) mass is 583 g/mol. The first kappa shape index (κ1) is 28.2. The van der Waals surface area contributed by atoms with E-state index in [0.717, 1.165) is 28.8 Å². The number of aliphatic hydroxyl groups is 3. The molecule has 3 aliphatic rings. The van der Waals surface area contributed by atoms with Crippen molar-refractivity contribution >= 4 is 39.2 Å². The third-order valence-corrected chi connectivity index (χ3v) is 9.58. The molecule has 3 aromatic heterocycles. The van der Waals surface area contributed by atoms with Gasteiger partial charge in [-0.15, -0.1) is 11.3 Å². The molecule has 0 saturated heterocycles. The molecule has 0 radical (unpaired) electrons. The molecule has 3 aliphatic carbocycles. The van der Waals surface area contributed by atoms with E-state index in [0.29, 0.717) is 53.7 Å². The second-order valence-corrected chi connectivity index (χ2v) is 12.6. The Kier molecular flexibility index (Phi) is 7.13. The Morgan fingerprint density at radius 2 is 2.00 bits per heavy atom. The summed E-state index contributed by atoms with van der Waals surface area (Å²) < 4.78 is 6.50. The number of nitrogens with one attached hydrogen (secondary N) is 3. The van der Waals surface area contributed by atoms with Crippen LogP contribution in [-0.2, 0) is 9.53 Å². The molecule has 6 atom stereocenters. The summed E-state index contributed by atoms with van der Waals surface area (Å²) in [6.07, 6.45) is 2.63. The average Bonchev–Trinajstić information content (AvgIpc) is 3.75. The predicted octanol–water partition coefficient (Wildman–Crippen LogP) is 1.77. The first-order valence-electron chi connectivity index (χ1n) is 14.2. The number of fused-ring (bicyclic) bond motifs is 2. The van der Waals surface area contributed by atoms with Gasteiger partial charge in [0.05, 0.1) is 34.3 Å². The van der Waals surface area contributed by atoms with E-state index >= 15 is 0 Å². The highest BCUT2D eigenvalue weighted by molar-refractivity contribution is 7.21. The molecule has 6 N–H and O–H groups in total. The summed E-state index contributed by atoms with van der Waals surface area (Å²) in [6, 6.07) is 1.19. The smallest absolute Gasteiger partial charge is 0.255 e. The average molecular weight is 584 g/mol. The first-order valence-corrected chi connectivity index (χ1v) is 15.0. The Balaban J connectivity index is 1.29. The van der Waals surface area contributed by atoms with Gasteiger partial charge in [0, 0.05) is 31.3 Å². The minimum atomic E-state index is -2.01. The summed E-state index contributed by atoms with van der Waals surface area (Å²) >= 11 is 1.49. The molecule has 6 rings (SSSR count). The molecule has 0 aliphatic heterocycles. The zero-order valence-corrected chi connectivity index (χ0v) is 24.5. The van der Waals surface area contributed by atoms with Crippen molar-refractivity contribution in [3.05, 3.63) is 23.7 Å². The predicted molar refractivity (Wildman–Crippen MR) is 155 cm³/mol. The van der Waals surface area contributed by atoms with Crippen molar-refractivity contribution < 1.29 is 24.9 Å². The zero-order chi connectivity index (χ0) is 29.1. The minimum absolute atomic E-state index is 0.0567. The number of aromatic nitrogens is 4.